The van der Waals surface area contributed by atoms with Gasteiger partial charge < -0.3 is 40.6 Å². The number of carbonyl (C=O) groups is 6. The highest BCUT2D eigenvalue weighted by Gasteiger charge is 2.21. The van der Waals surface area contributed by atoms with E-state index in [0.29, 0.717) is 48.8 Å². The molecular weight excluding hydrogens is 1220 g/mol. The van der Waals surface area contributed by atoms with Gasteiger partial charge in [0.2, 0.25) is 0 Å². The number of hydrogen-bond donors (Lipinski definition) is 4. The molecule has 8 aromatic rings. The molecule has 19 nitrogen and oxygen atoms in total. The van der Waals surface area contributed by atoms with Crippen LogP contribution in [0.25, 0.3) is 32.7 Å². The normalized spacial score (nSPS) is 10.2. The van der Waals surface area contributed by atoms with E-state index in [1.54, 1.807) is 39.4 Å². The van der Waals surface area contributed by atoms with Gasteiger partial charge in [-0.3, -0.25) is 34.1 Å². The Morgan fingerprint density at radius 3 is 1.22 bits per heavy atom. The van der Waals surface area contributed by atoms with Gasteiger partial charge in [-0.2, -0.15) is 0 Å². The number of nitrogens with two attached hydrogens (primary N) is 1. The van der Waals surface area contributed by atoms with E-state index in [4.69, 9.17) is 24.1 Å². The van der Waals surface area contributed by atoms with Gasteiger partial charge in [0, 0.05) is 76.2 Å². The zero-order valence-corrected chi connectivity index (χ0v) is 61.6. The number of carbonyl (C=O) groups excluding carboxylic acids is 5. The molecule has 0 atom stereocenters. The van der Waals surface area contributed by atoms with Gasteiger partial charge in [-0.25, -0.2) is 9.59 Å². The van der Waals surface area contributed by atoms with Gasteiger partial charge in [0.05, 0.1) is 58.4 Å². The topological polar surface area (TPSA) is 297 Å². The molecule has 3 heterocycles. The van der Waals surface area contributed by atoms with Crippen LogP contribution in [0.3, 0.4) is 0 Å². The Hall–Kier alpha value is -9.01. The number of ether oxygens (including phenoxy) is 4. The maximum Gasteiger partial charge on any atom is 0.339 e. The third kappa shape index (κ3) is 20.7. The molecule has 19 heteroatoms. The average Bonchev–Trinajstić information content (AvgIpc) is 0.791. The number of carboxylic acids is 1. The van der Waals surface area contributed by atoms with Crippen LogP contribution in [0.5, 0.6) is 0 Å². The van der Waals surface area contributed by atoms with Crippen molar-refractivity contribution in [3.05, 3.63) is 187 Å². The number of esters is 2. The predicted molar refractivity (Wildman–Crippen MR) is 384 cm³/mol. The number of carboxylic acid groups (broad SMARTS) is 1. The number of pyridine rings is 3. The first-order valence-electron chi connectivity index (χ1n) is 31.9. The lowest BCUT2D eigenvalue weighted by atomic mass is 9.93. The second kappa shape index (κ2) is 39.8. The van der Waals surface area contributed by atoms with Crippen molar-refractivity contribution in [2.75, 3.05) is 40.5 Å². The predicted octanol–water partition coefficient (Wildman–Crippen LogP) is 14.3. The quantitative estimate of drug-likeness (QED) is 0.0447. The van der Waals surface area contributed by atoms with Crippen LogP contribution in [-0.2, 0) is 23.7 Å². The van der Waals surface area contributed by atoms with Crippen molar-refractivity contribution < 1.29 is 63.5 Å². The minimum absolute atomic E-state index is 0. The average molecular weight is 1320 g/mol. The third-order valence-electron chi connectivity index (χ3n) is 18.2. The summed E-state index contributed by atoms with van der Waals surface area (Å²) in [6, 6.07) is 7.47. The number of nitrogens with one attached hydrogen (secondary N) is 2. The van der Waals surface area contributed by atoms with Crippen LogP contribution in [0.1, 0.15) is 197 Å². The summed E-state index contributed by atoms with van der Waals surface area (Å²) in [6.07, 6.45) is 6.02. The van der Waals surface area contributed by atoms with E-state index >= 15 is 0 Å². The van der Waals surface area contributed by atoms with Crippen molar-refractivity contribution >= 4 is 74.8 Å². The number of aldehydes is 2. The molecule has 0 saturated carbocycles. The van der Waals surface area contributed by atoms with E-state index < -0.39 is 12.3 Å². The number of nitroso groups, excluding NO2 is 1. The van der Waals surface area contributed by atoms with E-state index in [2.05, 4.69) is 109 Å². The number of rotatable bonds is 14. The van der Waals surface area contributed by atoms with Gasteiger partial charge in [-0.1, -0.05) is 0 Å². The van der Waals surface area contributed by atoms with E-state index in [9.17, 15) is 33.7 Å². The summed E-state index contributed by atoms with van der Waals surface area (Å²) in [5.74, 6) is -1.63. The molecule has 5 aromatic carbocycles. The van der Waals surface area contributed by atoms with Crippen LogP contribution >= 0.6 is 0 Å². The Labute approximate surface area is 568 Å². The Morgan fingerprint density at radius 1 is 0.479 bits per heavy atom. The minimum Gasteiger partial charge on any atom is -0.870 e. The van der Waals surface area contributed by atoms with Crippen molar-refractivity contribution in [3.63, 3.8) is 0 Å². The summed E-state index contributed by atoms with van der Waals surface area (Å²) in [7, 11) is 3.13. The third-order valence-corrected chi connectivity index (χ3v) is 18.2. The molecule has 0 aliphatic heterocycles. The Kier molecular flexibility index (Phi) is 35.2. The monoisotopic (exact) mass is 1320 g/mol. The van der Waals surface area contributed by atoms with E-state index in [0.717, 1.165) is 89.8 Å². The Balaban J connectivity index is 0.000000576. The van der Waals surface area contributed by atoms with E-state index in [1.165, 1.54) is 85.6 Å². The van der Waals surface area contributed by atoms with Crippen LogP contribution < -0.4 is 16.2 Å². The van der Waals surface area contributed by atoms with Crippen molar-refractivity contribution in [2.24, 2.45) is 5.73 Å². The minimum atomic E-state index is -0.935. The molecule has 0 aliphatic rings. The molecule has 0 bridgehead atoms. The number of fused-ring (bicyclic) bond motifs is 3. The fourth-order valence-corrected chi connectivity index (χ4v) is 10.6. The SMILES string of the molecule is CCOC(=O)CC(OCC)OCC.CCOC(=O)c1cnc2c(C)c(C)c(C)c(C)c2c1.CN.CNC(=O)c1cnc2c(C)c(C)c(C)c(C)c2c1.Cc1c(C)c(C)c([NH+]=O)c(C=O)c1C.Cc1c(C)c(C)c2ncc(C(=O)O)cc2c1C.Cc1cc(C=O)c(C)c(C)c1C.[OH-]. The van der Waals surface area contributed by atoms with Crippen molar-refractivity contribution in [3.8, 4) is 0 Å². The number of aromatic carboxylic acids is 1. The van der Waals surface area contributed by atoms with Gasteiger partial charge in [0.15, 0.2) is 12.6 Å². The highest BCUT2D eigenvalue weighted by molar-refractivity contribution is 5.99. The fraction of sp³-hybridized carbons (Fsp3) is 0.416. The molecule has 0 unspecified atom stereocenters. The molecule has 8 rings (SSSR count). The number of nitrogens with zero attached hydrogens (tertiary/aromatic N) is 3. The molecular formula is C77H104N6O13. The molecule has 96 heavy (non-hydrogen) atoms. The number of aryl methyl sites for hydroxylation is 7. The van der Waals surface area contributed by atoms with E-state index in [1.807, 2.05) is 92.6 Å². The molecule has 3 aromatic heterocycles. The first kappa shape index (κ1) is 85.0. The summed E-state index contributed by atoms with van der Waals surface area (Å²) >= 11 is 0. The molecule has 6 N–H and O–H groups in total. The van der Waals surface area contributed by atoms with Crippen LogP contribution in [0.2, 0.25) is 0 Å². The number of benzene rings is 5. The lowest BCUT2D eigenvalue weighted by Gasteiger charge is -2.15. The summed E-state index contributed by atoms with van der Waals surface area (Å²) in [5, 5.41) is 16.5. The van der Waals surface area contributed by atoms with Crippen molar-refractivity contribution in [1.29, 1.82) is 0 Å². The number of hydrogen-bond acceptors (Lipinski definition) is 16. The molecule has 0 saturated heterocycles. The first-order chi connectivity index (χ1) is 44.7. The molecule has 0 aliphatic carbocycles. The van der Waals surface area contributed by atoms with E-state index in [-0.39, 0.29) is 35.3 Å². The zero-order valence-electron chi connectivity index (χ0n) is 61.6. The summed E-state index contributed by atoms with van der Waals surface area (Å²) < 4.78 is 20.1. The van der Waals surface area contributed by atoms with Gasteiger partial charge in [0.1, 0.15) is 6.29 Å². The first-order valence-corrected chi connectivity index (χ1v) is 31.9. The largest absolute Gasteiger partial charge is 0.870 e. The second-order valence-electron chi connectivity index (χ2n) is 23.1. The van der Waals surface area contributed by atoms with Gasteiger partial charge >= 0.3 is 17.9 Å². The molecule has 0 fully saturated rings. The maximum atomic E-state index is 11.8. The van der Waals surface area contributed by atoms with Gasteiger partial charge in [-0.05, 0) is 303 Å². The molecule has 1 amide bonds. The molecule has 0 spiro atoms. The highest BCUT2D eigenvalue weighted by Crippen LogP contribution is 2.32. The molecule has 520 valence electrons. The highest BCUT2D eigenvalue weighted by atomic mass is 16.7. The summed E-state index contributed by atoms with van der Waals surface area (Å²) in [6.45, 7) is 49.8. The van der Waals surface area contributed by atoms with Crippen molar-refractivity contribution in [1.82, 2.24) is 20.3 Å². The van der Waals surface area contributed by atoms with Crippen molar-refractivity contribution in [2.45, 2.75) is 179 Å². The van der Waals surface area contributed by atoms with Crippen LogP contribution in [-0.4, -0.2) is 109 Å². The Bertz CT molecular complexity index is 4070. The van der Waals surface area contributed by atoms with Gasteiger partial charge in [-0.15, -0.1) is 0 Å². The molecule has 0 radical (unpaired) electrons. The van der Waals surface area contributed by atoms with Crippen LogP contribution in [0, 0.1) is 143 Å². The standard InChI is InChI=1S/C16H19NO2.C15H18N2O.C14H15NO2.C11H13NO2.C11H14O.C9H18O4.CH5N.H2O/c1-6-19-16(18)13-7-14-11(4)9(2)10(3)12(5)15(14)17-8-13;1-8-9(2)11(4)14-13(10(8)3)6-12(7-17-14)15(18)16-5;1-7-8(2)10(4)13-12(9(7)3)5-11(6-15-13)14(16)17;1-6-7(2)9(4)11(12-14)10(5-13)8(6)3;1-7-5-11(6-12)10(4)9(3)8(7)2;1-4-11-8(10)7-9(12-5-2)13-6-3;1-2;/h7-8H,6H2,1-5H3;6-7H,1-5H3,(H,16,18);5-6H,1-4H3,(H,16,17);5H,1-4H3;5-6H,1-4H3;9H,4-7H2,1-3H3;2H2,1H3;1H2. The Morgan fingerprint density at radius 2 is 0.844 bits per heavy atom. The summed E-state index contributed by atoms with van der Waals surface area (Å²) in [5.41, 5.74) is 33.6. The number of amides is 1. The maximum absolute atomic E-state index is 11.8. The number of aromatic nitrogens is 3. The van der Waals surface area contributed by atoms with Crippen LogP contribution in [0.4, 0.5) is 5.69 Å². The van der Waals surface area contributed by atoms with Gasteiger partial charge in [0.25, 0.3) is 11.6 Å². The summed E-state index contributed by atoms with van der Waals surface area (Å²) in [4.78, 5) is 90.8. The lowest BCUT2D eigenvalue weighted by molar-refractivity contribution is -0.380. The smallest absolute Gasteiger partial charge is 0.339 e. The van der Waals surface area contributed by atoms with Crippen LogP contribution in [0.15, 0.2) is 42.9 Å². The zero-order chi connectivity index (χ0) is 72.6. The second-order valence-corrected chi connectivity index (χ2v) is 23.1. The fourth-order valence-electron chi connectivity index (χ4n) is 10.6. The lowest BCUT2D eigenvalue weighted by Crippen LogP contribution is -2.57.